The standard InChI is InChI=1S/C21H20BS.2C2H6/c1-5-7-15(8-6-2)20-14(3)9-11-19-21(20)17-13-16(22-4)10-12-18(17)23-19;2*1-2/h5-13H,1H2,2-4H3;2*1-2H3/b8-6-,15-7+;;. The second kappa shape index (κ2) is 11.6. The molecular formula is C25H32BS. The molecule has 27 heavy (non-hydrogen) atoms. The normalized spacial score (nSPS) is 11.0. The first-order chi connectivity index (χ1) is 13.2. The van der Waals surface area contributed by atoms with Crippen molar-refractivity contribution in [1.29, 1.82) is 0 Å². The molecule has 0 fully saturated rings. The van der Waals surface area contributed by atoms with Gasteiger partial charge >= 0.3 is 0 Å². The number of hydrogen-bond acceptors (Lipinski definition) is 1. The molecule has 2 aromatic carbocycles. The summed E-state index contributed by atoms with van der Waals surface area (Å²) in [4.78, 5) is 0. The Labute approximate surface area is 170 Å². The highest BCUT2D eigenvalue weighted by molar-refractivity contribution is 7.25. The van der Waals surface area contributed by atoms with Gasteiger partial charge in [0, 0.05) is 20.2 Å². The van der Waals surface area contributed by atoms with E-state index in [1.165, 1.54) is 42.3 Å². The smallest absolute Gasteiger partial charge is 0.135 e. The molecule has 0 unspecified atom stereocenters. The molecule has 0 N–H and O–H groups in total. The minimum absolute atomic E-state index is 1.22. The number of rotatable bonds is 4. The fourth-order valence-corrected chi connectivity index (χ4v) is 4.17. The zero-order chi connectivity index (χ0) is 20.4. The van der Waals surface area contributed by atoms with Crippen LogP contribution in [0, 0.1) is 6.92 Å². The molecule has 0 aliphatic carbocycles. The van der Waals surface area contributed by atoms with Gasteiger partial charge in [-0.2, -0.15) is 0 Å². The monoisotopic (exact) mass is 375 g/mol. The van der Waals surface area contributed by atoms with Crippen molar-refractivity contribution in [2.24, 2.45) is 0 Å². The number of allylic oxidation sites excluding steroid dienone is 5. The highest BCUT2D eigenvalue weighted by Crippen LogP contribution is 2.39. The Hall–Kier alpha value is -2.06. The predicted molar refractivity (Wildman–Crippen MR) is 131 cm³/mol. The van der Waals surface area contributed by atoms with E-state index in [1.54, 1.807) is 0 Å². The van der Waals surface area contributed by atoms with Crippen LogP contribution in [0.15, 0.2) is 61.2 Å². The lowest BCUT2D eigenvalue weighted by molar-refractivity contribution is 1.47. The zero-order valence-electron chi connectivity index (χ0n) is 17.9. The summed E-state index contributed by atoms with van der Waals surface area (Å²) in [6, 6.07) is 11.2. The van der Waals surface area contributed by atoms with Gasteiger partial charge in [-0.15, -0.1) is 11.3 Å². The van der Waals surface area contributed by atoms with E-state index in [9.17, 15) is 0 Å². The Kier molecular flexibility index (Phi) is 9.89. The lowest BCUT2D eigenvalue weighted by atomic mass is 9.73. The second-order valence-corrected chi connectivity index (χ2v) is 6.72. The molecule has 0 aliphatic heterocycles. The number of fused-ring (bicyclic) bond motifs is 3. The highest BCUT2D eigenvalue weighted by atomic mass is 32.1. The fourth-order valence-electron chi connectivity index (χ4n) is 3.07. The molecule has 0 saturated carbocycles. The van der Waals surface area contributed by atoms with Crippen molar-refractivity contribution in [3.8, 4) is 0 Å². The Bertz CT molecular complexity index is 942. The zero-order valence-corrected chi connectivity index (χ0v) is 18.7. The van der Waals surface area contributed by atoms with Gasteiger partial charge in [0.25, 0.3) is 0 Å². The fraction of sp³-hybridized carbons (Fsp3) is 0.280. The molecule has 0 spiro atoms. The number of aryl methyl sites for hydroxylation is 1. The van der Waals surface area contributed by atoms with E-state index >= 15 is 0 Å². The molecule has 0 amide bonds. The lowest BCUT2D eigenvalue weighted by Crippen LogP contribution is -2.08. The summed E-state index contributed by atoms with van der Waals surface area (Å²) in [5.74, 6) is 0. The maximum absolute atomic E-state index is 3.88. The van der Waals surface area contributed by atoms with Crippen molar-refractivity contribution in [2.45, 2.75) is 48.4 Å². The largest absolute Gasteiger partial charge is 0.148 e. The summed E-state index contributed by atoms with van der Waals surface area (Å²) in [5, 5.41) is 2.71. The van der Waals surface area contributed by atoms with Gasteiger partial charge in [-0.25, -0.2) is 0 Å². The van der Waals surface area contributed by atoms with Crippen LogP contribution in [0.3, 0.4) is 0 Å². The molecule has 0 aliphatic rings. The van der Waals surface area contributed by atoms with Crippen LogP contribution >= 0.6 is 11.3 Å². The predicted octanol–water partition coefficient (Wildman–Crippen LogP) is 7.94. The minimum Gasteiger partial charge on any atom is -0.135 e. The van der Waals surface area contributed by atoms with Crippen molar-refractivity contribution >= 4 is 49.8 Å². The molecule has 3 rings (SSSR count). The second-order valence-electron chi connectivity index (χ2n) is 5.63. The topological polar surface area (TPSA) is 0 Å². The Morgan fingerprint density at radius 1 is 1.04 bits per heavy atom. The van der Waals surface area contributed by atoms with Crippen LogP contribution in [-0.2, 0) is 0 Å². The molecule has 1 heterocycles. The minimum atomic E-state index is 1.22. The van der Waals surface area contributed by atoms with E-state index in [0.717, 1.165) is 0 Å². The SMILES string of the molecule is C=C/C=C(\C=C/C)c1c(C)ccc2sc3ccc([B]C)cc3c12.CC.CC. The average Bonchev–Trinajstić information content (AvgIpc) is 3.08. The van der Waals surface area contributed by atoms with Gasteiger partial charge in [-0.05, 0) is 42.7 Å². The summed E-state index contributed by atoms with van der Waals surface area (Å²) in [6.07, 6.45) is 8.23. The summed E-state index contributed by atoms with van der Waals surface area (Å²) in [7, 11) is 2.16. The van der Waals surface area contributed by atoms with Gasteiger partial charge in [0.1, 0.15) is 7.28 Å². The quantitative estimate of drug-likeness (QED) is 0.321. The lowest BCUT2D eigenvalue weighted by Gasteiger charge is -2.10. The van der Waals surface area contributed by atoms with Gasteiger partial charge in [-0.3, -0.25) is 0 Å². The van der Waals surface area contributed by atoms with Crippen molar-refractivity contribution in [2.75, 3.05) is 0 Å². The average molecular weight is 375 g/mol. The highest BCUT2D eigenvalue weighted by Gasteiger charge is 2.13. The van der Waals surface area contributed by atoms with E-state index in [0.29, 0.717) is 0 Å². The summed E-state index contributed by atoms with van der Waals surface area (Å²) >= 11 is 1.87. The Morgan fingerprint density at radius 3 is 2.30 bits per heavy atom. The van der Waals surface area contributed by atoms with Gasteiger partial charge in [0.2, 0.25) is 0 Å². The van der Waals surface area contributed by atoms with Gasteiger partial charge in [-0.1, -0.05) is 89.1 Å². The Morgan fingerprint density at radius 2 is 1.70 bits per heavy atom. The molecule has 0 atom stereocenters. The Balaban J connectivity index is 0.000000855. The molecular weight excluding hydrogens is 343 g/mol. The first kappa shape index (κ1) is 23.0. The van der Waals surface area contributed by atoms with Crippen LogP contribution in [0.5, 0.6) is 0 Å². The number of benzene rings is 2. The van der Waals surface area contributed by atoms with Crippen molar-refractivity contribution in [1.82, 2.24) is 0 Å². The van der Waals surface area contributed by atoms with Crippen molar-refractivity contribution in [3.63, 3.8) is 0 Å². The summed E-state index contributed by atoms with van der Waals surface area (Å²) in [5.41, 5.74) is 5.11. The van der Waals surface area contributed by atoms with Crippen LogP contribution < -0.4 is 5.46 Å². The third-order valence-corrected chi connectivity index (χ3v) is 5.27. The first-order valence-electron chi connectivity index (χ1n) is 9.90. The van der Waals surface area contributed by atoms with Crippen LogP contribution in [0.1, 0.15) is 45.7 Å². The number of hydrogen-bond donors (Lipinski definition) is 0. The number of thiophene rings is 1. The molecule has 141 valence electrons. The van der Waals surface area contributed by atoms with Crippen LogP contribution in [0.2, 0.25) is 6.82 Å². The maximum atomic E-state index is 3.88. The molecule has 3 aromatic rings. The van der Waals surface area contributed by atoms with Crippen molar-refractivity contribution < 1.29 is 0 Å². The van der Waals surface area contributed by atoms with E-state index in [1.807, 2.05) is 45.1 Å². The molecule has 0 bridgehead atoms. The van der Waals surface area contributed by atoms with Gasteiger partial charge in [0.05, 0.1) is 0 Å². The molecule has 2 heteroatoms. The first-order valence-corrected chi connectivity index (χ1v) is 10.7. The maximum Gasteiger partial charge on any atom is 0.148 e. The van der Waals surface area contributed by atoms with Crippen LogP contribution in [0.4, 0.5) is 0 Å². The van der Waals surface area contributed by atoms with E-state index in [-0.39, 0.29) is 0 Å². The van der Waals surface area contributed by atoms with E-state index in [4.69, 9.17) is 0 Å². The third kappa shape index (κ3) is 5.02. The summed E-state index contributed by atoms with van der Waals surface area (Å²) < 4.78 is 2.68. The van der Waals surface area contributed by atoms with Crippen molar-refractivity contribution in [3.05, 3.63) is 72.3 Å². The molecule has 0 saturated heterocycles. The summed E-state index contributed by atoms with van der Waals surface area (Å²) in [6.45, 7) is 18.2. The molecule has 1 radical (unpaired) electrons. The molecule has 1 aromatic heterocycles. The van der Waals surface area contributed by atoms with Gasteiger partial charge in [0.15, 0.2) is 0 Å². The molecule has 0 nitrogen and oxygen atoms in total. The van der Waals surface area contributed by atoms with Crippen LogP contribution in [0.25, 0.3) is 25.7 Å². The van der Waals surface area contributed by atoms with E-state index < -0.39 is 0 Å². The van der Waals surface area contributed by atoms with Gasteiger partial charge < -0.3 is 0 Å². The third-order valence-electron chi connectivity index (χ3n) is 4.13. The van der Waals surface area contributed by atoms with Crippen LogP contribution in [-0.4, -0.2) is 7.28 Å². The van der Waals surface area contributed by atoms with E-state index in [2.05, 4.69) is 83.1 Å².